The lowest BCUT2D eigenvalue weighted by atomic mass is 10.0. The van der Waals surface area contributed by atoms with Crippen molar-refractivity contribution in [1.29, 1.82) is 0 Å². The molecule has 9 heteroatoms. The van der Waals surface area contributed by atoms with Gasteiger partial charge in [-0.05, 0) is 40.2 Å². The summed E-state index contributed by atoms with van der Waals surface area (Å²) in [6.07, 6.45) is 3.17. The van der Waals surface area contributed by atoms with Gasteiger partial charge < -0.3 is 20.7 Å². The molecule has 0 unspecified atom stereocenters. The number of unbranched alkanes of at least 4 members (excludes halogenated alkanes) is 1. The third-order valence-corrected chi connectivity index (χ3v) is 5.76. The normalized spacial score (nSPS) is 16.3. The first kappa shape index (κ1) is 22.6. The first-order valence-electron chi connectivity index (χ1n) is 11.1. The fourth-order valence-corrected chi connectivity index (χ4v) is 3.91. The minimum Gasteiger partial charge on any atom is -0.468 e. The molecule has 2 aromatic heterocycles. The van der Waals surface area contributed by atoms with Crippen molar-refractivity contribution in [1.82, 2.24) is 29.3 Å². The molecule has 168 valence electrons. The van der Waals surface area contributed by atoms with Crippen molar-refractivity contribution in [3.63, 3.8) is 0 Å². The van der Waals surface area contributed by atoms with Crippen LogP contribution in [0.4, 0.5) is 11.8 Å². The molecule has 0 aromatic carbocycles. The predicted molar refractivity (Wildman–Crippen MR) is 122 cm³/mol. The van der Waals surface area contributed by atoms with Crippen LogP contribution in [0.3, 0.4) is 0 Å². The van der Waals surface area contributed by atoms with Gasteiger partial charge in [-0.2, -0.15) is 15.0 Å². The van der Waals surface area contributed by atoms with Gasteiger partial charge in [0.1, 0.15) is 0 Å². The Hall–Kier alpha value is -2.13. The van der Waals surface area contributed by atoms with E-state index in [2.05, 4.69) is 57.8 Å². The quantitative estimate of drug-likeness (QED) is 0.599. The largest absolute Gasteiger partial charge is 0.468 e. The van der Waals surface area contributed by atoms with E-state index in [9.17, 15) is 0 Å². The second-order valence-electron chi connectivity index (χ2n) is 8.99. The van der Waals surface area contributed by atoms with Crippen molar-refractivity contribution in [2.75, 3.05) is 57.4 Å². The SMILES string of the molecule is CCCCNc1nc(N)c2nc(OC)n(CCCN3CCN(C(C)(C)C)CC3)c2n1. The number of anilines is 2. The minimum atomic E-state index is 0.248. The van der Waals surface area contributed by atoms with Crippen molar-refractivity contribution in [3.8, 4) is 6.01 Å². The summed E-state index contributed by atoms with van der Waals surface area (Å²) in [4.78, 5) is 18.6. The predicted octanol–water partition coefficient (Wildman–Crippen LogP) is 2.44. The lowest BCUT2D eigenvalue weighted by Crippen LogP contribution is -2.53. The fourth-order valence-electron chi connectivity index (χ4n) is 3.91. The van der Waals surface area contributed by atoms with Gasteiger partial charge in [-0.3, -0.25) is 9.47 Å². The lowest BCUT2D eigenvalue weighted by Gasteiger charge is -2.42. The number of nitrogens with one attached hydrogen (secondary N) is 1. The summed E-state index contributed by atoms with van der Waals surface area (Å²) in [5.74, 6) is 0.935. The number of piperazine rings is 1. The molecule has 0 atom stereocenters. The van der Waals surface area contributed by atoms with Gasteiger partial charge in [-0.25, -0.2) is 0 Å². The summed E-state index contributed by atoms with van der Waals surface area (Å²) in [7, 11) is 1.63. The number of hydrogen-bond acceptors (Lipinski definition) is 8. The van der Waals surface area contributed by atoms with Crippen molar-refractivity contribution < 1.29 is 4.74 Å². The number of nitrogens with two attached hydrogens (primary N) is 1. The number of aromatic nitrogens is 4. The van der Waals surface area contributed by atoms with E-state index in [1.54, 1.807) is 7.11 Å². The molecule has 0 spiro atoms. The molecule has 1 fully saturated rings. The summed E-state index contributed by atoms with van der Waals surface area (Å²) in [6.45, 7) is 16.1. The number of methoxy groups -OCH3 is 1. The molecule has 30 heavy (non-hydrogen) atoms. The summed E-state index contributed by atoms with van der Waals surface area (Å²) in [5, 5.41) is 3.26. The molecular formula is C21H38N8O. The highest BCUT2D eigenvalue weighted by atomic mass is 16.5. The Bertz CT molecular complexity index is 821. The van der Waals surface area contributed by atoms with Gasteiger partial charge in [0.25, 0.3) is 6.01 Å². The first-order chi connectivity index (χ1) is 14.3. The van der Waals surface area contributed by atoms with E-state index >= 15 is 0 Å². The van der Waals surface area contributed by atoms with E-state index in [-0.39, 0.29) is 5.54 Å². The Labute approximate surface area is 180 Å². The molecule has 1 aliphatic rings. The Morgan fingerprint density at radius 1 is 1.03 bits per heavy atom. The Balaban J connectivity index is 1.65. The average Bonchev–Trinajstić information content (AvgIpc) is 3.06. The summed E-state index contributed by atoms with van der Waals surface area (Å²) in [6, 6.07) is 0.536. The molecule has 9 nitrogen and oxygen atoms in total. The molecule has 0 amide bonds. The van der Waals surface area contributed by atoms with Crippen LogP contribution in [0.1, 0.15) is 47.0 Å². The maximum absolute atomic E-state index is 6.16. The fraction of sp³-hybridized carbons (Fsp3) is 0.762. The Morgan fingerprint density at radius 2 is 1.77 bits per heavy atom. The van der Waals surface area contributed by atoms with E-state index in [0.717, 1.165) is 70.7 Å². The molecule has 1 saturated heterocycles. The van der Waals surface area contributed by atoms with Gasteiger partial charge in [0.05, 0.1) is 7.11 Å². The highest BCUT2D eigenvalue weighted by Crippen LogP contribution is 2.25. The molecule has 3 N–H and O–H groups in total. The smallest absolute Gasteiger partial charge is 0.298 e. The van der Waals surface area contributed by atoms with Crippen LogP contribution < -0.4 is 15.8 Å². The van der Waals surface area contributed by atoms with Crippen molar-refractivity contribution >= 4 is 22.9 Å². The number of rotatable bonds is 9. The number of fused-ring (bicyclic) bond motifs is 1. The van der Waals surface area contributed by atoms with E-state index in [1.165, 1.54) is 0 Å². The molecule has 0 bridgehead atoms. The number of imidazole rings is 1. The van der Waals surface area contributed by atoms with E-state index in [0.29, 0.717) is 23.3 Å². The Kier molecular flexibility index (Phi) is 7.36. The van der Waals surface area contributed by atoms with Crippen LogP contribution in [-0.2, 0) is 6.54 Å². The van der Waals surface area contributed by atoms with E-state index in [4.69, 9.17) is 10.5 Å². The zero-order valence-electron chi connectivity index (χ0n) is 19.2. The molecule has 1 aliphatic heterocycles. The van der Waals surface area contributed by atoms with Gasteiger partial charge in [0.2, 0.25) is 5.95 Å². The number of nitrogens with zero attached hydrogens (tertiary/aromatic N) is 6. The third-order valence-electron chi connectivity index (χ3n) is 5.76. The number of nitrogen functional groups attached to an aromatic ring is 1. The highest BCUT2D eigenvalue weighted by molar-refractivity contribution is 5.84. The van der Waals surface area contributed by atoms with Crippen LogP contribution in [0, 0.1) is 0 Å². The van der Waals surface area contributed by atoms with Gasteiger partial charge in [-0.1, -0.05) is 13.3 Å². The molecule has 2 aromatic rings. The first-order valence-corrected chi connectivity index (χ1v) is 11.1. The molecule has 3 rings (SSSR count). The average molecular weight is 419 g/mol. The zero-order chi connectivity index (χ0) is 21.7. The van der Waals surface area contributed by atoms with Gasteiger partial charge in [-0.15, -0.1) is 0 Å². The van der Waals surface area contributed by atoms with Gasteiger partial charge in [0, 0.05) is 44.8 Å². The van der Waals surface area contributed by atoms with Gasteiger partial charge >= 0.3 is 0 Å². The lowest BCUT2D eigenvalue weighted by molar-refractivity contribution is 0.0613. The van der Waals surface area contributed by atoms with Crippen LogP contribution in [0.25, 0.3) is 11.2 Å². The second-order valence-corrected chi connectivity index (χ2v) is 8.99. The summed E-state index contributed by atoms with van der Waals surface area (Å²) >= 11 is 0. The number of aryl methyl sites for hydroxylation is 1. The molecule has 0 saturated carbocycles. The van der Waals surface area contributed by atoms with Crippen LogP contribution in [-0.4, -0.2) is 81.2 Å². The van der Waals surface area contributed by atoms with Crippen molar-refractivity contribution in [2.45, 2.75) is 59.0 Å². The van der Waals surface area contributed by atoms with Crippen molar-refractivity contribution in [3.05, 3.63) is 0 Å². The van der Waals surface area contributed by atoms with Crippen molar-refractivity contribution in [2.24, 2.45) is 0 Å². The maximum Gasteiger partial charge on any atom is 0.298 e. The highest BCUT2D eigenvalue weighted by Gasteiger charge is 2.25. The van der Waals surface area contributed by atoms with Crippen LogP contribution in [0.5, 0.6) is 6.01 Å². The standard InChI is InChI=1S/C21H38N8O/c1-6-7-9-23-19-25-17(22)16-18(26-19)29(20(24-16)30-5)11-8-10-27-12-14-28(15-13-27)21(2,3)4/h6-15H2,1-5H3,(H3,22,23,25,26). The minimum absolute atomic E-state index is 0.248. The van der Waals surface area contributed by atoms with Crippen LogP contribution >= 0.6 is 0 Å². The maximum atomic E-state index is 6.16. The second kappa shape index (κ2) is 9.78. The molecular weight excluding hydrogens is 380 g/mol. The van der Waals surface area contributed by atoms with Crippen LogP contribution in [0.2, 0.25) is 0 Å². The van der Waals surface area contributed by atoms with E-state index < -0.39 is 0 Å². The van der Waals surface area contributed by atoms with Crippen LogP contribution in [0.15, 0.2) is 0 Å². The zero-order valence-corrected chi connectivity index (χ0v) is 19.2. The Morgan fingerprint density at radius 3 is 2.40 bits per heavy atom. The molecule has 0 aliphatic carbocycles. The van der Waals surface area contributed by atoms with Gasteiger partial charge in [0.15, 0.2) is 17.0 Å². The third kappa shape index (κ3) is 5.31. The topological polar surface area (TPSA) is 97.4 Å². The molecule has 3 heterocycles. The van der Waals surface area contributed by atoms with E-state index in [1.807, 2.05) is 4.57 Å². The number of ether oxygens (including phenoxy) is 1. The summed E-state index contributed by atoms with van der Waals surface area (Å²) < 4.78 is 7.52. The monoisotopic (exact) mass is 418 g/mol. The summed E-state index contributed by atoms with van der Waals surface area (Å²) in [5.41, 5.74) is 7.74. The number of hydrogen-bond donors (Lipinski definition) is 2. The molecule has 0 radical (unpaired) electrons.